The van der Waals surface area contributed by atoms with Gasteiger partial charge in [-0.2, -0.15) is 0 Å². The molecule has 3 rings (SSSR count). The van der Waals surface area contributed by atoms with Crippen molar-refractivity contribution in [3.05, 3.63) is 45.3 Å². The van der Waals surface area contributed by atoms with Crippen LogP contribution in [0.5, 0.6) is 0 Å². The van der Waals surface area contributed by atoms with Crippen molar-refractivity contribution in [2.45, 2.75) is 33.1 Å². The lowest BCUT2D eigenvalue weighted by atomic mass is 9.88. The predicted molar refractivity (Wildman–Crippen MR) is 106 cm³/mol. The van der Waals surface area contributed by atoms with Gasteiger partial charge in [-0.25, -0.2) is 9.59 Å². The van der Waals surface area contributed by atoms with Gasteiger partial charge in [0.25, 0.3) is 0 Å². The van der Waals surface area contributed by atoms with E-state index in [-0.39, 0.29) is 5.97 Å². The number of carbonyl (C=O) groups is 2. The van der Waals surface area contributed by atoms with Gasteiger partial charge in [0.05, 0.1) is 12.2 Å². The number of carbonyl (C=O) groups excluding carboxylic acids is 2. The van der Waals surface area contributed by atoms with E-state index in [2.05, 4.69) is 17.6 Å². The number of hydrogen-bond donors (Lipinski definition) is 2. The largest absolute Gasteiger partial charge is 0.462 e. The van der Waals surface area contributed by atoms with Gasteiger partial charge in [0.15, 0.2) is 0 Å². The SMILES string of the molecule is CCOC(=O)c1c(NC(=O)Nc2ccc(Cl)cc2)sc2c1CC[C@H](C)C2. The first-order valence-corrected chi connectivity index (χ1v) is 9.82. The molecule has 2 amide bonds. The molecule has 1 aromatic carbocycles. The van der Waals surface area contributed by atoms with E-state index in [1.807, 2.05) is 0 Å². The lowest BCUT2D eigenvalue weighted by Gasteiger charge is -2.18. The molecule has 1 atom stereocenters. The summed E-state index contributed by atoms with van der Waals surface area (Å²) < 4.78 is 5.21. The predicted octanol–water partition coefficient (Wildman–Crippen LogP) is 5.35. The van der Waals surface area contributed by atoms with Crippen molar-refractivity contribution < 1.29 is 14.3 Å². The van der Waals surface area contributed by atoms with E-state index in [4.69, 9.17) is 16.3 Å². The molecule has 0 aliphatic heterocycles. The van der Waals surface area contributed by atoms with Gasteiger partial charge in [-0.15, -0.1) is 11.3 Å². The Morgan fingerprint density at radius 1 is 1.27 bits per heavy atom. The Labute approximate surface area is 161 Å². The number of halogens is 1. The lowest BCUT2D eigenvalue weighted by Crippen LogP contribution is -2.21. The van der Waals surface area contributed by atoms with E-state index in [0.717, 1.165) is 29.7 Å². The molecule has 0 fully saturated rings. The van der Waals surface area contributed by atoms with Crippen molar-refractivity contribution in [3.63, 3.8) is 0 Å². The molecular formula is C19H21ClN2O3S. The number of esters is 1. The second-order valence-corrected chi connectivity index (χ2v) is 7.90. The Bertz CT molecular complexity index is 817. The maximum Gasteiger partial charge on any atom is 0.341 e. The highest BCUT2D eigenvalue weighted by Gasteiger charge is 2.29. The highest BCUT2D eigenvalue weighted by molar-refractivity contribution is 7.17. The summed E-state index contributed by atoms with van der Waals surface area (Å²) in [7, 11) is 0. The monoisotopic (exact) mass is 392 g/mol. The Balaban J connectivity index is 1.82. The van der Waals surface area contributed by atoms with Crippen LogP contribution >= 0.6 is 22.9 Å². The van der Waals surface area contributed by atoms with Crippen LogP contribution in [0.4, 0.5) is 15.5 Å². The van der Waals surface area contributed by atoms with Gasteiger partial charge in [-0.3, -0.25) is 5.32 Å². The minimum Gasteiger partial charge on any atom is -0.462 e. The lowest BCUT2D eigenvalue weighted by molar-refractivity contribution is 0.0526. The minimum absolute atomic E-state index is 0.302. The number of anilines is 2. The first kappa shape index (κ1) is 18.7. The fourth-order valence-electron chi connectivity index (χ4n) is 3.06. The summed E-state index contributed by atoms with van der Waals surface area (Å²) in [5.74, 6) is 0.202. The molecule has 7 heteroatoms. The standard InChI is InChI=1S/C19H21ClN2O3S/c1-3-25-18(23)16-14-9-4-11(2)10-15(14)26-17(16)22-19(24)21-13-7-5-12(20)6-8-13/h5-8,11H,3-4,9-10H2,1-2H3,(H2,21,22,24)/t11-/m0/s1. The van der Waals surface area contributed by atoms with Gasteiger partial charge in [0, 0.05) is 15.6 Å². The van der Waals surface area contributed by atoms with E-state index in [1.54, 1.807) is 31.2 Å². The van der Waals surface area contributed by atoms with Gasteiger partial charge in [-0.1, -0.05) is 18.5 Å². The van der Waals surface area contributed by atoms with Crippen LogP contribution < -0.4 is 10.6 Å². The zero-order valence-electron chi connectivity index (χ0n) is 14.7. The third-order valence-corrected chi connectivity index (χ3v) is 5.74. The van der Waals surface area contributed by atoms with Gasteiger partial charge in [-0.05, 0) is 61.9 Å². The fraction of sp³-hybridized carbons (Fsp3) is 0.368. The zero-order valence-corrected chi connectivity index (χ0v) is 16.3. The normalized spacial score (nSPS) is 15.9. The molecular weight excluding hydrogens is 372 g/mol. The molecule has 1 aromatic heterocycles. The van der Waals surface area contributed by atoms with Crippen LogP contribution in [-0.2, 0) is 17.6 Å². The molecule has 0 unspecified atom stereocenters. The van der Waals surface area contributed by atoms with Crippen LogP contribution in [0.25, 0.3) is 0 Å². The van der Waals surface area contributed by atoms with Crippen LogP contribution in [0.3, 0.4) is 0 Å². The summed E-state index contributed by atoms with van der Waals surface area (Å²) in [6.45, 7) is 4.28. The Morgan fingerprint density at radius 3 is 2.69 bits per heavy atom. The maximum absolute atomic E-state index is 12.5. The highest BCUT2D eigenvalue weighted by Crippen LogP contribution is 2.40. The number of benzene rings is 1. The first-order chi connectivity index (χ1) is 12.5. The molecule has 2 N–H and O–H groups in total. The number of rotatable bonds is 4. The summed E-state index contributed by atoms with van der Waals surface area (Å²) in [6, 6.07) is 6.44. The van der Waals surface area contributed by atoms with Gasteiger partial charge < -0.3 is 10.1 Å². The summed E-state index contributed by atoms with van der Waals surface area (Å²) in [4.78, 5) is 26.0. The van der Waals surface area contributed by atoms with Crippen molar-refractivity contribution in [2.75, 3.05) is 17.2 Å². The second-order valence-electron chi connectivity index (χ2n) is 6.36. The number of thiophene rings is 1. The Morgan fingerprint density at radius 2 is 2.00 bits per heavy atom. The average Bonchev–Trinajstić information content (AvgIpc) is 2.93. The molecule has 26 heavy (non-hydrogen) atoms. The van der Waals surface area contributed by atoms with Gasteiger partial charge >= 0.3 is 12.0 Å². The van der Waals surface area contributed by atoms with Crippen LogP contribution in [0.2, 0.25) is 5.02 Å². The molecule has 1 aliphatic carbocycles. The summed E-state index contributed by atoms with van der Waals surface area (Å²) in [5, 5.41) is 6.72. The smallest absolute Gasteiger partial charge is 0.341 e. The molecule has 0 saturated heterocycles. The molecule has 0 spiro atoms. The van der Waals surface area contributed by atoms with Crippen molar-refractivity contribution in [3.8, 4) is 0 Å². The third kappa shape index (κ3) is 4.19. The van der Waals surface area contributed by atoms with Crippen LogP contribution in [0.1, 0.15) is 41.1 Å². The molecule has 2 aromatic rings. The number of urea groups is 1. The molecule has 0 radical (unpaired) electrons. The fourth-order valence-corrected chi connectivity index (χ4v) is 4.58. The van der Waals surface area contributed by atoms with Gasteiger partial charge in [0.1, 0.15) is 5.00 Å². The molecule has 0 saturated carbocycles. The second kappa shape index (κ2) is 8.10. The molecule has 138 valence electrons. The van der Waals surface area contributed by atoms with Crippen molar-refractivity contribution in [1.82, 2.24) is 0 Å². The Hall–Kier alpha value is -2.05. The summed E-state index contributed by atoms with van der Waals surface area (Å²) >= 11 is 7.32. The van der Waals surface area contributed by atoms with Crippen molar-refractivity contribution in [1.29, 1.82) is 0 Å². The molecule has 0 bridgehead atoms. The highest BCUT2D eigenvalue weighted by atomic mass is 35.5. The van der Waals surface area contributed by atoms with E-state index < -0.39 is 6.03 Å². The number of fused-ring (bicyclic) bond motifs is 1. The van der Waals surface area contributed by atoms with Crippen molar-refractivity contribution >= 4 is 45.6 Å². The van der Waals surface area contributed by atoms with Crippen molar-refractivity contribution in [2.24, 2.45) is 5.92 Å². The number of ether oxygens (including phenoxy) is 1. The average molecular weight is 393 g/mol. The quantitative estimate of drug-likeness (QED) is 0.689. The first-order valence-electron chi connectivity index (χ1n) is 8.63. The van der Waals surface area contributed by atoms with E-state index in [9.17, 15) is 9.59 Å². The van der Waals surface area contributed by atoms with Crippen LogP contribution in [-0.4, -0.2) is 18.6 Å². The molecule has 1 aliphatic rings. The molecule has 1 heterocycles. The minimum atomic E-state index is -0.399. The maximum atomic E-state index is 12.5. The number of hydrogen-bond acceptors (Lipinski definition) is 4. The Kier molecular flexibility index (Phi) is 5.84. The number of nitrogens with one attached hydrogen (secondary N) is 2. The third-order valence-electron chi connectivity index (χ3n) is 4.32. The van der Waals surface area contributed by atoms with E-state index >= 15 is 0 Å². The number of amides is 2. The van der Waals surface area contributed by atoms with E-state index in [1.165, 1.54) is 11.3 Å². The molecule has 5 nitrogen and oxygen atoms in total. The van der Waals surface area contributed by atoms with Gasteiger partial charge in [0.2, 0.25) is 0 Å². The zero-order chi connectivity index (χ0) is 18.7. The summed E-state index contributed by atoms with van der Waals surface area (Å²) in [5.41, 5.74) is 2.15. The van der Waals surface area contributed by atoms with Crippen LogP contribution in [0, 0.1) is 5.92 Å². The van der Waals surface area contributed by atoms with E-state index in [0.29, 0.717) is 33.8 Å². The topological polar surface area (TPSA) is 67.4 Å². The summed E-state index contributed by atoms with van der Waals surface area (Å²) in [6.07, 6.45) is 2.79. The van der Waals surface area contributed by atoms with Crippen LogP contribution in [0.15, 0.2) is 24.3 Å².